The molecular formula is C19H18N6OS. The average Bonchev–Trinajstić information content (AvgIpc) is 3.28. The van der Waals surface area contributed by atoms with E-state index in [0.717, 1.165) is 40.1 Å². The lowest BCUT2D eigenvalue weighted by molar-refractivity contribution is 0.0940. The Balaban J connectivity index is 1.54. The van der Waals surface area contributed by atoms with Crippen LogP contribution in [0.15, 0.2) is 24.5 Å². The maximum absolute atomic E-state index is 12.6. The Morgan fingerprint density at radius 2 is 2.19 bits per heavy atom. The number of aromatic nitrogens is 5. The summed E-state index contributed by atoms with van der Waals surface area (Å²) in [6, 6.07) is 3.76. The maximum Gasteiger partial charge on any atom is 0.291 e. The van der Waals surface area contributed by atoms with Crippen LogP contribution in [0, 0.1) is 6.92 Å². The second-order valence-corrected chi connectivity index (χ2v) is 7.85. The van der Waals surface area contributed by atoms with Gasteiger partial charge in [-0.25, -0.2) is 9.97 Å². The molecule has 1 amide bonds. The molecule has 4 heterocycles. The van der Waals surface area contributed by atoms with Crippen molar-refractivity contribution in [2.75, 3.05) is 0 Å². The highest BCUT2D eigenvalue weighted by Crippen LogP contribution is 2.37. The van der Waals surface area contributed by atoms with Crippen LogP contribution >= 0.6 is 11.3 Å². The maximum atomic E-state index is 12.6. The number of aryl methyl sites for hydroxylation is 3. The highest BCUT2D eigenvalue weighted by atomic mass is 32.1. The number of carbonyl (C=O) groups excluding carboxylic acids is 1. The molecule has 5 rings (SSSR count). The molecule has 0 atom stereocenters. The van der Waals surface area contributed by atoms with E-state index < -0.39 is 0 Å². The molecule has 0 radical (unpaired) electrons. The molecule has 1 aliphatic carbocycles. The molecule has 0 spiro atoms. The van der Waals surface area contributed by atoms with Crippen molar-refractivity contribution in [1.82, 2.24) is 29.9 Å². The summed E-state index contributed by atoms with van der Waals surface area (Å²) in [7, 11) is 0. The number of rotatable bonds is 3. The fourth-order valence-electron chi connectivity index (χ4n) is 3.61. The molecule has 0 aromatic carbocycles. The highest BCUT2D eigenvalue weighted by molar-refractivity contribution is 7.19. The minimum atomic E-state index is -0.292. The molecule has 8 heteroatoms. The first-order valence-corrected chi connectivity index (χ1v) is 9.87. The van der Waals surface area contributed by atoms with Crippen molar-refractivity contribution < 1.29 is 4.79 Å². The van der Waals surface area contributed by atoms with Crippen molar-refractivity contribution in [3.63, 3.8) is 0 Å². The molecule has 0 unspecified atom stereocenters. The van der Waals surface area contributed by atoms with Crippen molar-refractivity contribution in [1.29, 1.82) is 0 Å². The summed E-state index contributed by atoms with van der Waals surface area (Å²) in [5, 5.41) is 8.36. The number of pyridine rings is 1. The van der Waals surface area contributed by atoms with Crippen LogP contribution in [0.1, 0.15) is 45.3 Å². The lowest BCUT2D eigenvalue weighted by Gasteiger charge is -2.10. The van der Waals surface area contributed by atoms with Gasteiger partial charge in [0.15, 0.2) is 5.65 Å². The van der Waals surface area contributed by atoms with Gasteiger partial charge in [-0.05, 0) is 49.8 Å². The van der Waals surface area contributed by atoms with E-state index in [-0.39, 0.29) is 11.7 Å². The van der Waals surface area contributed by atoms with Crippen LogP contribution in [0.3, 0.4) is 0 Å². The van der Waals surface area contributed by atoms with Crippen LogP contribution in [0.4, 0.5) is 0 Å². The largest absolute Gasteiger partial charge is 0.345 e. The zero-order valence-corrected chi connectivity index (χ0v) is 15.7. The second-order valence-electron chi connectivity index (χ2n) is 6.76. The van der Waals surface area contributed by atoms with Crippen molar-refractivity contribution in [3.05, 3.63) is 52.2 Å². The number of nitrogens with zero attached hydrogens (tertiary/aromatic N) is 5. The molecule has 0 fully saturated rings. The smallest absolute Gasteiger partial charge is 0.291 e. The second kappa shape index (κ2) is 6.38. The van der Waals surface area contributed by atoms with Crippen LogP contribution in [-0.2, 0) is 19.4 Å². The molecular weight excluding hydrogens is 360 g/mol. The lowest BCUT2D eigenvalue weighted by Crippen LogP contribution is -2.24. The van der Waals surface area contributed by atoms with E-state index in [1.165, 1.54) is 23.3 Å². The van der Waals surface area contributed by atoms with Crippen LogP contribution < -0.4 is 5.32 Å². The van der Waals surface area contributed by atoms with Crippen LogP contribution in [0.25, 0.3) is 15.9 Å². The van der Waals surface area contributed by atoms with E-state index in [1.807, 2.05) is 19.1 Å². The number of thiophene rings is 1. The Morgan fingerprint density at radius 1 is 1.30 bits per heavy atom. The van der Waals surface area contributed by atoms with Crippen LogP contribution in [-0.4, -0.2) is 30.5 Å². The van der Waals surface area contributed by atoms with Gasteiger partial charge >= 0.3 is 0 Å². The topological polar surface area (TPSA) is 85.1 Å². The van der Waals surface area contributed by atoms with Crippen molar-refractivity contribution in [3.8, 4) is 0 Å². The molecule has 0 aliphatic heterocycles. The van der Waals surface area contributed by atoms with Gasteiger partial charge < -0.3 is 5.32 Å². The van der Waals surface area contributed by atoms with E-state index in [2.05, 4.69) is 20.4 Å². The third-order valence-corrected chi connectivity index (χ3v) is 6.12. The first-order valence-electron chi connectivity index (χ1n) is 9.05. The third kappa shape index (κ3) is 2.76. The molecule has 1 aliphatic rings. The molecule has 7 nitrogen and oxygen atoms in total. The summed E-state index contributed by atoms with van der Waals surface area (Å²) in [5.41, 5.74) is 3.01. The minimum Gasteiger partial charge on any atom is -0.345 e. The van der Waals surface area contributed by atoms with Gasteiger partial charge in [0.25, 0.3) is 5.91 Å². The van der Waals surface area contributed by atoms with Gasteiger partial charge in [-0.15, -0.1) is 16.4 Å². The summed E-state index contributed by atoms with van der Waals surface area (Å²) in [6.07, 6.45) is 8.00. The fraction of sp³-hybridized carbons (Fsp3) is 0.316. The molecule has 136 valence electrons. The lowest BCUT2D eigenvalue weighted by atomic mass is 9.97. The van der Waals surface area contributed by atoms with Crippen LogP contribution in [0.2, 0.25) is 0 Å². The number of fused-ring (bicyclic) bond motifs is 5. The number of hydrogen-bond acceptors (Lipinski definition) is 6. The predicted molar refractivity (Wildman–Crippen MR) is 103 cm³/mol. The van der Waals surface area contributed by atoms with E-state index >= 15 is 0 Å². The fourth-order valence-corrected chi connectivity index (χ4v) is 4.92. The van der Waals surface area contributed by atoms with E-state index in [0.29, 0.717) is 6.54 Å². The van der Waals surface area contributed by atoms with Gasteiger partial charge in [-0.2, -0.15) is 4.52 Å². The first-order chi connectivity index (χ1) is 13.2. The number of carbonyl (C=O) groups is 1. The van der Waals surface area contributed by atoms with Crippen LogP contribution in [0.5, 0.6) is 0 Å². The predicted octanol–water partition coefficient (Wildman–Crippen LogP) is 2.85. The van der Waals surface area contributed by atoms with E-state index in [1.54, 1.807) is 28.2 Å². The average molecular weight is 378 g/mol. The Hall–Kier alpha value is -2.87. The molecule has 0 bridgehead atoms. The minimum absolute atomic E-state index is 0.173. The zero-order valence-electron chi connectivity index (χ0n) is 14.9. The Bertz CT molecular complexity index is 1160. The SMILES string of the molecule is Cc1nc2sc3c(c2c2nc(C(=O)NCc4cccnc4)nn12)CCCC3. The standard InChI is InChI=1S/C19H18N6OS/c1-11-22-19-15(13-6-2-3-7-14(13)27-19)17-23-16(24-25(11)17)18(26)21-10-12-5-4-8-20-9-12/h4-5,8-9H,2-3,6-7,10H2,1H3,(H,21,26). The number of nitrogens with one attached hydrogen (secondary N) is 1. The summed E-state index contributed by atoms with van der Waals surface area (Å²) in [6.45, 7) is 2.29. The normalized spacial score (nSPS) is 13.8. The molecule has 4 aromatic rings. The van der Waals surface area contributed by atoms with Gasteiger partial charge in [0.2, 0.25) is 5.82 Å². The highest BCUT2D eigenvalue weighted by Gasteiger charge is 2.23. The van der Waals surface area contributed by atoms with Gasteiger partial charge in [0.1, 0.15) is 10.7 Å². The summed E-state index contributed by atoms with van der Waals surface area (Å²) in [5.74, 6) is 0.626. The number of hydrogen-bond donors (Lipinski definition) is 1. The summed E-state index contributed by atoms with van der Waals surface area (Å²) < 4.78 is 1.70. The van der Waals surface area contributed by atoms with E-state index in [9.17, 15) is 4.79 Å². The van der Waals surface area contributed by atoms with Gasteiger partial charge in [0.05, 0.1) is 5.39 Å². The van der Waals surface area contributed by atoms with Crippen molar-refractivity contribution >= 4 is 33.1 Å². The quantitative estimate of drug-likeness (QED) is 0.592. The zero-order chi connectivity index (χ0) is 18.4. The third-order valence-electron chi connectivity index (χ3n) is 4.93. The molecule has 27 heavy (non-hydrogen) atoms. The monoisotopic (exact) mass is 378 g/mol. The Morgan fingerprint density at radius 3 is 3.04 bits per heavy atom. The summed E-state index contributed by atoms with van der Waals surface area (Å²) >= 11 is 1.75. The molecule has 0 saturated heterocycles. The van der Waals surface area contributed by atoms with Gasteiger partial charge in [-0.1, -0.05) is 6.07 Å². The van der Waals surface area contributed by atoms with Crippen molar-refractivity contribution in [2.45, 2.75) is 39.2 Å². The molecule has 1 N–H and O–H groups in total. The summed E-state index contributed by atoms with van der Waals surface area (Å²) in [4.78, 5) is 28.3. The molecule has 4 aromatic heterocycles. The van der Waals surface area contributed by atoms with Gasteiger partial charge in [0, 0.05) is 23.8 Å². The number of amides is 1. The molecule has 0 saturated carbocycles. The van der Waals surface area contributed by atoms with E-state index in [4.69, 9.17) is 4.98 Å². The van der Waals surface area contributed by atoms with Crippen molar-refractivity contribution in [2.24, 2.45) is 0 Å². The van der Waals surface area contributed by atoms with Gasteiger partial charge in [-0.3, -0.25) is 9.78 Å². The Labute approximate surface area is 159 Å². The Kier molecular flexibility index (Phi) is 3.86. The first kappa shape index (κ1) is 16.3.